The minimum Gasteiger partial charge on any atom is -0.481 e. The van der Waals surface area contributed by atoms with Crippen LogP contribution in [0.4, 0.5) is 79.4 Å². The molecule has 0 fully saturated rings. The van der Waals surface area contributed by atoms with Crippen molar-refractivity contribution in [3.05, 3.63) is 35.9 Å². The van der Waals surface area contributed by atoms with E-state index in [1.54, 1.807) is 0 Å². The molecule has 1 atom stereocenters. The number of alkyl halides is 17. The second-order valence-corrected chi connectivity index (χ2v) is 8.01. The van der Waals surface area contributed by atoms with Gasteiger partial charge in [-0.1, -0.05) is 30.3 Å². The third-order valence-electron chi connectivity index (χ3n) is 5.24. The first kappa shape index (κ1) is 35.8. The lowest BCUT2D eigenvalue weighted by Crippen LogP contribution is -2.75. The molecule has 236 valence electrons. The largest absolute Gasteiger partial charge is 0.481 e. The molecule has 0 saturated carbocycles. The Morgan fingerprint density at radius 3 is 1.39 bits per heavy atom. The smallest absolute Gasteiger partial charge is 0.460 e. The summed E-state index contributed by atoms with van der Waals surface area (Å²) in [4.78, 5) is 22.7. The van der Waals surface area contributed by atoms with Gasteiger partial charge in [0.25, 0.3) is 0 Å². The van der Waals surface area contributed by atoms with E-state index in [0.29, 0.717) is 0 Å². The predicted octanol–water partition coefficient (Wildman–Crippen LogP) is 6.20. The van der Waals surface area contributed by atoms with Gasteiger partial charge in [-0.3, -0.25) is 4.79 Å². The zero-order valence-electron chi connectivity index (χ0n) is 19.1. The molecular weight excluding hydrogens is 627 g/mol. The highest BCUT2D eigenvalue weighted by Gasteiger charge is 2.95. The first-order valence-corrected chi connectivity index (χ1v) is 10.1. The number of carbonyl (C=O) groups excluding carboxylic acids is 1. The molecule has 0 aromatic heterocycles. The first-order valence-electron chi connectivity index (χ1n) is 10.1. The van der Waals surface area contributed by atoms with E-state index in [2.05, 4.69) is 0 Å². The lowest BCUT2D eigenvalue weighted by molar-refractivity contribution is -0.463. The van der Waals surface area contributed by atoms with Gasteiger partial charge < -0.3 is 15.7 Å². The molecule has 0 aliphatic carbocycles. The van der Waals surface area contributed by atoms with Crippen LogP contribution in [0.1, 0.15) is 5.56 Å². The number of hydrogen-bond donors (Lipinski definition) is 3. The number of benzene rings is 1. The highest BCUT2D eigenvalue weighted by molar-refractivity contribution is 5.76. The SMILES string of the molecule is O=C(NCc1ccccc1)NCC(C(=O)O)C(F)(F)C(F)(F)C(F)(F)C(F)(F)C(F)(F)C(F)(F)C(F)(F)C(F)(F)F. The topological polar surface area (TPSA) is 78.4 Å². The molecule has 0 aliphatic rings. The highest BCUT2D eigenvalue weighted by Crippen LogP contribution is 2.64. The molecule has 1 unspecified atom stereocenters. The van der Waals surface area contributed by atoms with Crippen LogP contribution in [0.2, 0.25) is 0 Å². The van der Waals surface area contributed by atoms with E-state index < -0.39 is 78.6 Å². The Balaban J connectivity index is 3.40. The van der Waals surface area contributed by atoms with E-state index in [-0.39, 0.29) is 5.56 Å². The van der Waals surface area contributed by atoms with Crippen molar-refractivity contribution in [1.29, 1.82) is 0 Å². The van der Waals surface area contributed by atoms with Crippen LogP contribution in [0, 0.1) is 5.92 Å². The van der Waals surface area contributed by atoms with Crippen molar-refractivity contribution < 1.29 is 89.3 Å². The van der Waals surface area contributed by atoms with Crippen molar-refractivity contribution in [3.8, 4) is 0 Å². The molecule has 1 aromatic rings. The van der Waals surface area contributed by atoms with Gasteiger partial charge in [-0.25, -0.2) is 4.79 Å². The van der Waals surface area contributed by atoms with Crippen molar-refractivity contribution in [2.75, 3.05) is 6.54 Å². The van der Waals surface area contributed by atoms with Gasteiger partial charge in [0.15, 0.2) is 0 Å². The predicted molar refractivity (Wildman–Crippen MR) is 98.5 cm³/mol. The van der Waals surface area contributed by atoms with Crippen molar-refractivity contribution in [2.45, 2.75) is 54.2 Å². The number of carboxylic acid groups (broad SMARTS) is 1. The molecule has 1 aromatic carbocycles. The van der Waals surface area contributed by atoms with Gasteiger partial charge >= 0.3 is 59.6 Å². The third kappa shape index (κ3) is 5.77. The molecule has 0 bridgehead atoms. The normalized spacial score (nSPS) is 15.3. The second kappa shape index (κ2) is 10.9. The summed E-state index contributed by atoms with van der Waals surface area (Å²) in [5.41, 5.74) is 0.282. The van der Waals surface area contributed by atoms with Crippen LogP contribution >= 0.6 is 0 Å². The molecule has 1 rings (SSSR count). The standard InChI is InChI=1S/C19H13F17N2O3/c20-12(21,9(10(39)40)7-38-11(41)37-6-8-4-2-1-3-5-8)13(22,23)14(24,25)15(26,27)16(28,29)17(30,31)18(32,33)19(34,35)36/h1-5,9H,6-7H2,(H,39,40)(H2,37,38,41). The zero-order valence-corrected chi connectivity index (χ0v) is 19.1. The summed E-state index contributed by atoms with van der Waals surface area (Å²) < 4.78 is 228. The lowest BCUT2D eigenvalue weighted by atomic mass is 9.85. The quantitative estimate of drug-likeness (QED) is 0.239. The van der Waals surface area contributed by atoms with E-state index in [9.17, 15) is 84.2 Å². The Morgan fingerprint density at radius 1 is 0.610 bits per heavy atom. The van der Waals surface area contributed by atoms with Gasteiger partial charge in [-0.2, -0.15) is 74.6 Å². The van der Waals surface area contributed by atoms with Crippen LogP contribution in [-0.2, 0) is 11.3 Å². The zero-order chi connectivity index (χ0) is 32.7. The maximum absolute atomic E-state index is 14.3. The molecule has 41 heavy (non-hydrogen) atoms. The van der Waals surface area contributed by atoms with Crippen LogP contribution in [0.15, 0.2) is 30.3 Å². The van der Waals surface area contributed by atoms with Crippen LogP contribution < -0.4 is 10.6 Å². The second-order valence-electron chi connectivity index (χ2n) is 8.01. The number of urea groups is 1. The number of nitrogens with one attached hydrogen (secondary N) is 2. The highest BCUT2D eigenvalue weighted by atomic mass is 19.4. The number of amides is 2. The summed E-state index contributed by atoms with van der Waals surface area (Å²) in [6, 6.07) is 5.33. The Labute approximate surface area is 215 Å². The van der Waals surface area contributed by atoms with Gasteiger partial charge in [-0.05, 0) is 5.56 Å². The Kier molecular flexibility index (Phi) is 9.50. The lowest BCUT2D eigenvalue weighted by Gasteiger charge is -2.43. The Hall–Kier alpha value is -3.23. The van der Waals surface area contributed by atoms with E-state index in [4.69, 9.17) is 5.11 Å². The fourth-order valence-corrected chi connectivity index (χ4v) is 2.80. The summed E-state index contributed by atoms with van der Waals surface area (Å²) in [5, 5.41) is 11.7. The summed E-state index contributed by atoms with van der Waals surface area (Å²) in [6.45, 7) is -2.83. The average Bonchev–Trinajstić information content (AvgIpc) is 2.81. The van der Waals surface area contributed by atoms with Crippen molar-refractivity contribution in [1.82, 2.24) is 10.6 Å². The summed E-state index contributed by atoms with van der Waals surface area (Å²) in [5.74, 6) is -66.5. The van der Waals surface area contributed by atoms with Gasteiger partial charge in [-0.15, -0.1) is 0 Å². The third-order valence-corrected chi connectivity index (χ3v) is 5.24. The number of rotatable bonds is 12. The maximum Gasteiger partial charge on any atom is 0.460 e. The van der Waals surface area contributed by atoms with Crippen LogP contribution in [0.3, 0.4) is 0 Å². The van der Waals surface area contributed by atoms with Crippen LogP contribution in [0.25, 0.3) is 0 Å². The monoisotopic (exact) mass is 640 g/mol. The van der Waals surface area contributed by atoms with E-state index in [1.165, 1.54) is 30.3 Å². The summed E-state index contributed by atoms with van der Waals surface area (Å²) in [6.07, 6.45) is -7.89. The molecule has 0 radical (unpaired) electrons. The number of halogens is 17. The van der Waals surface area contributed by atoms with Crippen molar-refractivity contribution in [2.24, 2.45) is 5.92 Å². The van der Waals surface area contributed by atoms with Gasteiger partial charge in [0.1, 0.15) is 5.92 Å². The maximum atomic E-state index is 14.3. The Bertz CT molecular complexity index is 1090. The number of carboxylic acids is 1. The van der Waals surface area contributed by atoms with Gasteiger partial charge in [0, 0.05) is 13.1 Å². The van der Waals surface area contributed by atoms with E-state index in [1.807, 2.05) is 5.32 Å². The molecular formula is C19H13F17N2O3. The molecule has 0 heterocycles. The molecule has 3 N–H and O–H groups in total. The van der Waals surface area contributed by atoms with Crippen LogP contribution in [0.5, 0.6) is 0 Å². The molecule has 0 saturated heterocycles. The molecule has 22 heteroatoms. The van der Waals surface area contributed by atoms with E-state index in [0.717, 1.165) is 5.32 Å². The van der Waals surface area contributed by atoms with Gasteiger partial charge in [0.05, 0.1) is 0 Å². The van der Waals surface area contributed by atoms with Gasteiger partial charge in [0.2, 0.25) is 0 Å². The van der Waals surface area contributed by atoms with Crippen molar-refractivity contribution >= 4 is 12.0 Å². The van der Waals surface area contributed by atoms with E-state index >= 15 is 0 Å². The number of aliphatic carboxylic acids is 1. The molecule has 0 spiro atoms. The molecule has 5 nitrogen and oxygen atoms in total. The fourth-order valence-electron chi connectivity index (χ4n) is 2.80. The fraction of sp³-hybridized carbons (Fsp3) is 0.579. The van der Waals surface area contributed by atoms with Crippen LogP contribution in [-0.4, -0.2) is 71.3 Å². The number of carbonyl (C=O) groups is 2. The minimum atomic E-state index is -8.84. The minimum absolute atomic E-state index is 0.282. The Morgan fingerprint density at radius 2 is 1.00 bits per heavy atom. The molecule has 2 amide bonds. The first-order chi connectivity index (χ1) is 18.1. The van der Waals surface area contributed by atoms with Crippen molar-refractivity contribution in [3.63, 3.8) is 0 Å². The summed E-state index contributed by atoms with van der Waals surface area (Å²) >= 11 is 0. The average molecular weight is 640 g/mol. The number of hydrogen-bond acceptors (Lipinski definition) is 2. The molecule has 0 aliphatic heterocycles. The summed E-state index contributed by atoms with van der Waals surface area (Å²) in [7, 11) is 0.